The number of rotatable bonds is 7. The first-order chi connectivity index (χ1) is 10.4. The summed E-state index contributed by atoms with van der Waals surface area (Å²) in [4.78, 5) is 8.73. The number of nitrogens with zero attached hydrogens (tertiary/aromatic N) is 6. The molecule has 0 fully saturated rings. The average molecular weight is 454 g/mol. The number of aryl methyl sites for hydroxylation is 1. The molecular weight excluding hydrogens is 423 g/mol. The van der Waals surface area contributed by atoms with Crippen molar-refractivity contribution in [3.8, 4) is 0 Å². The molecule has 1 aromatic rings. The molecular formula is C15H31IN6S. The van der Waals surface area contributed by atoms with Crippen molar-refractivity contribution in [2.24, 2.45) is 10.9 Å². The molecule has 0 bridgehead atoms. The first-order valence-electron chi connectivity index (χ1n) is 7.72. The Bertz CT molecular complexity index is 474. The number of thioether (sulfide) groups is 1. The van der Waals surface area contributed by atoms with Crippen LogP contribution in [0, 0.1) is 5.92 Å². The monoisotopic (exact) mass is 454 g/mol. The molecule has 1 rings (SSSR count). The third kappa shape index (κ3) is 7.28. The van der Waals surface area contributed by atoms with E-state index in [0.29, 0.717) is 5.92 Å². The number of aliphatic imine (C=N–C) groups is 1. The van der Waals surface area contributed by atoms with Crippen LogP contribution in [0.3, 0.4) is 0 Å². The predicted octanol–water partition coefficient (Wildman–Crippen LogP) is 2.69. The SMILES string of the molecule is CSc1nnc(CCCN=C(N(C)C)N(C)C)n1CC(C)C.I. The van der Waals surface area contributed by atoms with Crippen LogP contribution in [0.2, 0.25) is 0 Å². The standard InChI is InChI=1S/C15H30N6S.HI/c1-12(2)11-21-13(17-18-15(21)22-7)9-8-10-16-14(19(3)4)20(5)6;/h12H,8-11H2,1-7H3;1H. The summed E-state index contributed by atoms with van der Waals surface area (Å²) in [6, 6.07) is 0. The lowest BCUT2D eigenvalue weighted by Gasteiger charge is -2.22. The minimum absolute atomic E-state index is 0. The van der Waals surface area contributed by atoms with Gasteiger partial charge in [0.1, 0.15) is 5.82 Å². The van der Waals surface area contributed by atoms with Gasteiger partial charge in [0.15, 0.2) is 11.1 Å². The van der Waals surface area contributed by atoms with Crippen LogP contribution in [0.4, 0.5) is 0 Å². The Hall–Kier alpha value is -0.510. The molecule has 0 amide bonds. The number of hydrogen-bond acceptors (Lipinski definition) is 4. The highest BCUT2D eigenvalue weighted by Gasteiger charge is 2.12. The smallest absolute Gasteiger partial charge is 0.195 e. The van der Waals surface area contributed by atoms with Gasteiger partial charge in [0.2, 0.25) is 0 Å². The molecule has 8 heteroatoms. The van der Waals surface area contributed by atoms with Crippen LogP contribution in [-0.2, 0) is 13.0 Å². The van der Waals surface area contributed by atoms with Gasteiger partial charge in [0.05, 0.1) is 0 Å². The first-order valence-corrected chi connectivity index (χ1v) is 8.94. The van der Waals surface area contributed by atoms with Crippen LogP contribution in [0.5, 0.6) is 0 Å². The van der Waals surface area contributed by atoms with E-state index in [9.17, 15) is 0 Å². The summed E-state index contributed by atoms with van der Waals surface area (Å²) in [5.74, 6) is 2.66. The van der Waals surface area contributed by atoms with E-state index in [-0.39, 0.29) is 24.0 Å². The predicted molar refractivity (Wildman–Crippen MR) is 110 cm³/mol. The van der Waals surface area contributed by atoms with Gasteiger partial charge < -0.3 is 14.4 Å². The molecule has 1 aromatic heterocycles. The summed E-state index contributed by atoms with van der Waals surface area (Å²) in [6.07, 6.45) is 3.95. The second-order valence-electron chi connectivity index (χ2n) is 6.18. The minimum Gasteiger partial charge on any atom is -0.349 e. The summed E-state index contributed by atoms with van der Waals surface area (Å²) in [5.41, 5.74) is 0. The molecule has 0 aromatic carbocycles. The van der Waals surface area contributed by atoms with Crippen molar-refractivity contribution in [1.82, 2.24) is 24.6 Å². The van der Waals surface area contributed by atoms with E-state index in [1.807, 2.05) is 38.0 Å². The summed E-state index contributed by atoms with van der Waals surface area (Å²) < 4.78 is 2.25. The number of hydrogen-bond donors (Lipinski definition) is 0. The molecule has 0 aliphatic carbocycles. The zero-order chi connectivity index (χ0) is 16.7. The Morgan fingerprint density at radius 3 is 2.26 bits per heavy atom. The maximum Gasteiger partial charge on any atom is 0.195 e. The van der Waals surface area contributed by atoms with E-state index < -0.39 is 0 Å². The van der Waals surface area contributed by atoms with Crippen LogP contribution in [0.1, 0.15) is 26.1 Å². The third-order valence-corrected chi connectivity index (χ3v) is 3.80. The van der Waals surface area contributed by atoms with Crippen LogP contribution < -0.4 is 0 Å². The maximum atomic E-state index is 4.66. The van der Waals surface area contributed by atoms with Crippen LogP contribution in [-0.4, -0.2) is 71.5 Å². The minimum atomic E-state index is 0. The van der Waals surface area contributed by atoms with Gasteiger partial charge in [0, 0.05) is 47.7 Å². The van der Waals surface area contributed by atoms with E-state index >= 15 is 0 Å². The fraction of sp³-hybridized carbons (Fsp3) is 0.800. The molecule has 0 spiro atoms. The summed E-state index contributed by atoms with van der Waals surface area (Å²) in [6.45, 7) is 6.22. The lowest BCUT2D eigenvalue weighted by atomic mass is 10.2. The molecule has 23 heavy (non-hydrogen) atoms. The van der Waals surface area contributed by atoms with E-state index in [1.165, 1.54) is 0 Å². The Balaban J connectivity index is 0.00000484. The molecule has 134 valence electrons. The Labute approximate surface area is 162 Å². The van der Waals surface area contributed by atoms with Crippen LogP contribution >= 0.6 is 35.7 Å². The zero-order valence-electron chi connectivity index (χ0n) is 15.4. The van der Waals surface area contributed by atoms with E-state index in [2.05, 4.69) is 39.9 Å². The Morgan fingerprint density at radius 1 is 1.17 bits per heavy atom. The van der Waals surface area contributed by atoms with Crippen molar-refractivity contribution in [2.75, 3.05) is 41.0 Å². The quantitative estimate of drug-likeness (QED) is 0.209. The number of aromatic nitrogens is 3. The van der Waals surface area contributed by atoms with Gasteiger partial charge in [-0.1, -0.05) is 25.6 Å². The van der Waals surface area contributed by atoms with Gasteiger partial charge in [-0.25, -0.2) is 0 Å². The number of halogens is 1. The maximum absolute atomic E-state index is 4.66. The Morgan fingerprint density at radius 2 is 1.78 bits per heavy atom. The molecule has 0 saturated heterocycles. The van der Waals surface area contributed by atoms with E-state index in [1.54, 1.807) is 11.8 Å². The molecule has 0 atom stereocenters. The second-order valence-corrected chi connectivity index (χ2v) is 6.95. The van der Waals surface area contributed by atoms with Gasteiger partial charge in [-0.05, 0) is 18.6 Å². The molecule has 0 radical (unpaired) electrons. The van der Waals surface area contributed by atoms with Crippen molar-refractivity contribution in [1.29, 1.82) is 0 Å². The molecule has 1 heterocycles. The van der Waals surface area contributed by atoms with Gasteiger partial charge >= 0.3 is 0 Å². The van der Waals surface area contributed by atoms with E-state index in [4.69, 9.17) is 0 Å². The normalized spacial score (nSPS) is 10.4. The van der Waals surface area contributed by atoms with Crippen LogP contribution in [0.15, 0.2) is 10.1 Å². The number of guanidine groups is 1. The fourth-order valence-corrected chi connectivity index (χ4v) is 2.83. The molecule has 0 aliphatic heterocycles. The van der Waals surface area contributed by atoms with Crippen molar-refractivity contribution in [3.63, 3.8) is 0 Å². The molecule has 6 nitrogen and oxygen atoms in total. The van der Waals surface area contributed by atoms with E-state index in [0.717, 1.165) is 42.9 Å². The van der Waals surface area contributed by atoms with Gasteiger partial charge in [0.25, 0.3) is 0 Å². The summed E-state index contributed by atoms with van der Waals surface area (Å²) in [7, 11) is 8.07. The van der Waals surface area contributed by atoms with Crippen molar-refractivity contribution in [2.45, 2.75) is 38.4 Å². The van der Waals surface area contributed by atoms with Crippen molar-refractivity contribution in [3.05, 3.63) is 5.82 Å². The lowest BCUT2D eigenvalue weighted by molar-refractivity contribution is 0.473. The largest absolute Gasteiger partial charge is 0.349 e. The summed E-state index contributed by atoms with van der Waals surface area (Å²) in [5, 5.41) is 9.64. The highest BCUT2D eigenvalue weighted by atomic mass is 127. The highest BCUT2D eigenvalue weighted by molar-refractivity contribution is 14.0. The zero-order valence-corrected chi connectivity index (χ0v) is 18.6. The van der Waals surface area contributed by atoms with Crippen LogP contribution in [0.25, 0.3) is 0 Å². The van der Waals surface area contributed by atoms with Crippen molar-refractivity contribution >= 4 is 41.7 Å². The van der Waals surface area contributed by atoms with Gasteiger partial charge in [-0.3, -0.25) is 4.99 Å². The second kappa shape index (κ2) is 11.1. The lowest BCUT2D eigenvalue weighted by Crippen LogP contribution is -2.35. The third-order valence-electron chi connectivity index (χ3n) is 3.14. The molecule has 0 aliphatic rings. The average Bonchev–Trinajstić information content (AvgIpc) is 2.79. The Kier molecular flexibility index (Phi) is 10.9. The van der Waals surface area contributed by atoms with Gasteiger partial charge in [-0.15, -0.1) is 34.2 Å². The molecule has 0 saturated carbocycles. The highest BCUT2D eigenvalue weighted by Crippen LogP contribution is 2.16. The first kappa shape index (κ1) is 22.5. The fourth-order valence-electron chi connectivity index (χ4n) is 2.30. The van der Waals surface area contributed by atoms with Crippen molar-refractivity contribution < 1.29 is 0 Å². The molecule has 0 unspecified atom stereocenters. The topological polar surface area (TPSA) is 49.6 Å². The molecule has 0 N–H and O–H groups in total. The van der Waals surface area contributed by atoms with Gasteiger partial charge in [-0.2, -0.15) is 0 Å². The summed E-state index contributed by atoms with van der Waals surface area (Å²) >= 11 is 1.66.